The van der Waals surface area contributed by atoms with Gasteiger partial charge in [-0.05, 0) is 56.7 Å². The van der Waals surface area contributed by atoms with Gasteiger partial charge in [0.15, 0.2) is 0 Å². The van der Waals surface area contributed by atoms with Gasteiger partial charge in [-0.25, -0.2) is 0 Å². The van der Waals surface area contributed by atoms with Gasteiger partial charge in [0.1, 0.15) is 17.7 Å². The van der Waals surface area contributed by atoms with Crippen molar-refractivity contribution in [2.24, 2.45) is 5.92 Å². The second kappa shape index (κ2) is 9.38. The van der Waals surface area contributed by atoms with Crippen LogP contribution in [0.1, 0.15) is 50.1 Å². The molecule has 7 heteroatoms. The fourth-order valence-corrected chi connectivity index (χ4v) is 3.06. The maximum atomic E-state index is 12.3. The van der Waals surface area contributed by atoms with Crippen molar-refractivity contribution >= 4 is 17.9 Å². The minimum atomic E-state index is -0.643. The zero-order valence-electron chi connectivity index (χ0n) is 16.5. The molecule has 7 nitrogen and oxygen atoms in total. The van der Waals surface area contributed by atoms with Crippen molar-refractivity contribution < 1.29 is 14.3 Å². The molecule has 0 spiro atoms. The normalized spacial score (nSPS) is 17.0. The Hall–Kier alpha value is -2.59. The van der Waals surface area contributed by atoms with E-state index in [-0.39, 0.29) is 5.57 Å². The van der Waals surface area contributed by atoms with Crippen molar-refractivity contribution in [1.29, 1.82) is 5.26 Å². The van der Waals surface area contributed by atoms with Crippen LogP contribution in [0, 0.1) is 31.1 Å². The predicted octanol–water partition coefficient (Wildman–Crippen LogP) is 2.38. The van der Waals surface area contributed by atoms with Crippen LogP contribution < -0.4 is 10.9 Å². The SMILES string of the molecule is Cc1cc(/C=C(/C#N)C(=O)NNC(=O)C2CCCO2)c(C)n1CCC(C)C. The topological polar surface area (TPSA) is 96.2 Å². The molecule has 0 saturated carbocycles. The molecule has 1 aromatic heterocycles. The smallest absolute Gasteiger partial charge is 0.280 e. The lowest BCUT2D eigenvalue weighted by atomic mass is 10.1. The van der Waals surface area contributed by atoms with E-state index in [9.17, 15) is 14.9 Å². The highest BCUT2D eigenvalue weighted by molar-refractivity contribution is 6.02. The molecule has 1 aromatic rings. The van der Waals surface area contributed by atoms with Crippen LogP contribution in [0.4, 0.5) is 0 Å². The van der Waals surface area contributed by atoms with Gasteiger partial charge < -0.3 is 9.30 Å². The number of rotatable bonds is 6. The van der Waals surface area contributed by atoms with Crippen molar-refractivity contribution in [3.63, 3.8) is 0 Å². The summed E-state index contributed by atoms with van der Waals surface area (Å²) in [5, 5.41) is 9.35. The van der Waals surface area contributed by atoms with Gasteiger partial charge in [-0.3, -0.25) is 20.4 Å². The molecule has 1 aliphatic rings. The number of carbonyl (C=O) groups excluding carboxylic acids is 2. The molecule has 27 heavy (non-hydrogen) atoms. The fraction of sp³-hybridized carbons (Fsp3) is 0.550. The highest BCUT2D eigenvalue weighted by Crippen LogP contribution is 2.19. The van der Waals surface area contributed by atoms with Gasteiger partial charge in [0.05, 0.1) is 0 Å². The molecule has 0 bridgehead atoms. The minimum absolute atomic E-state index is 0.0632. The van der Waals surface area contributed by atoms with E-state index in [0.717, 1.165) is 36.3 Å². The first-order valence-electron chi connectivity index (χ1n) is 9.33. The van der Waals surface area contributed by atoms with Crippen LogP contribution in [0.2, 0.25) is 0 Å². The van der Waals surface area contributed by atoms with Crippen molar-refractivity contribution in [2.45, 2.75) is 59.6 Å². The average molecular weight is 372 g/mol. The maximum absolute atomic E-state index is 12.3. The van der Waals surface area contributed by atoms with Crippen LogP contribution in [0.5, 0.6) is 0 Å². The number of nitrogens with zero attached hydrogens (tertiary/aromatic N) is 2. The summed E-state index contributed by atoms with van der Waals surface area (Å²) in [5.74, 6) is -0.445. The number of aromatic nitrogens is 1. The van der Waals surface area contributed by atoms with E-state index in [0.29, 0.717) is 18.9 Å². The number of hydrazine groups is 1. The first kappa shape index (κ1) is 20.7. The maximum Gasteiger partial charge on any atom is 0.280 e. The standard InChI is InChI=1S/C20H28N4O3/c1-13(2)7-8-24-14(3)10-16(15(24)4)11-17(12-21)19(25)22-23-20(26)18-6-5-9-27-18/h10-11,13,18H,5-9H2,1-4H3,(H,22,25)(H,23,26)/b17-11-. The van der Waals surface area contributed by atoms with Gasteiger partial charge in [-0.2, -0.15) is 5.26 Å². The Labute approximate surface area is 160 Å². The average Bonchev–Trinajstić information content (AvgIpc) is 3.25. The van der Waals surface area contributed by atoms with Gasteiger partial charge in [-0.1, -0.05) is 13.8 Å². The Kier molecular flexibility index (Phi) is 7.19. The number of carbonyl (C=O) groups is 2. The van der Waals surface area contributed by atoms with Crippen LogP contribution in [0.15, 0.2) is 11.6 Å². The van der Waals surface area contributed by atoms with E-state index in [1.54, 1.807) is 6.08 Å². The fourth-order valence-electron chi connectivity index (χ4n) is 3.06. The monoisotopic (exact) mass is 372 g/mol. The summed E-state index contributed by atoms with van der Waals surface area (Å²) in [6.07, 6.45) is 3.52. The molecule has 2 heterocycles. The summed E-state index contributed by atoms with van der Waals surface area (Å²) in [5.41, 5.74) is 7.49. The van der Waals surface area contributed by atoms with Crippen LogP contribution >= 0.6 is 0 Å². The lowest BCUT2D eigenvalue weighted by molar-refractivity contribution is -0.133. The molecule has 2 amide bonds. The Balaban J connectivity index is 2.06. The number of hydrogen-bond donors (Lipinski definition) is 2. The molecule has 0 aliphatic carbocycles. The van der Waals surface area contributed by atoms with Crippen LogP contribution in [0.3, 0.4) is 0 Å². The number of amides is 2. The van der Waals surface area contributed by atoms with E-state index in [4.69, 9.17) is 4.74 Å². The van der Waals surface area contributed by atoms with Crippen LogP contribution in [-0.2, 0) is 20.9 Å². The quantitative estimate of drug-likeness (QED) is 0.455. The van der Waals surface area contributed by atoms with E-state index in [2.05, 4.69) is 29.3 Å². The summed E-state index contributed by atoms with van der Waals surface area (Å²) in [6, 6.07) is 3.87. The largest absolute Gasteiger partial charge is 0.368 e. The minimum Gasteiger partial charge on any atom is -0.368 e. The Morgan fingerprint density at radius 1 is 1.41 bits per heavy atom. The molecule has 146 valence electrons. The third-order valence-electron chi connectivity index (χ3n) is 4.73. The number of aryl methyl sites for hydroxylation is 1. The summed E-state index contributed by atoms with van der Waals surface area (Å²) in [6.45, 7) is 9.79. The lowest BCUT2D eigenvalue weighted by Crippen LogP contribution is -2.46. The molecule has 1 unspecified atom stereocenters. The second-order valence-corrected chi connectivity index (χ2v) is 7.28. The zero-order chi connectivity index (χ0) is 20.0. The third-order valence-corrected chi connectivity index (χ3v) is 4.73. The van der Waals surface area contributed by atoms with Gasteiger partial charge in [0.2, 0.25) is 0 Å². The Morgan fingerprint density at radius 3 is 2.74 bits per heavy atom. The number of nitriles is 1. The summed E-state index contributed by atoms with van der Waals surface area (Å²) in [7, 11) is 0. The lowest BCUT2D eigenvalue weighted by Gasteiger charge is -2.11. The molecule has 1 aliphatic heterocycles. The Morgan fingerprint density at radius 2 is 2.15 bits per heavy atom. The molecule has 1 atom stereocenters. The van der Waals surface area contributed by atoms with E-state index < -0.39 is 17.9 Å². The zero-order valence-corrected chi connectivity index (χ0v) is 16.5. The highest BCUT2D eigenvalue weighted by Gasteiger charge is 2.24. The second-order valence-electron chi connectivity index (χ2n) is 7.28. The molecule has 1 fully saturated rings. The van der Waals surface area contributed by atoms with Crippen molar-refractivity contribution in [3.05, 3.63) is 28.6 Å². The number of hydrogen-bond acceptors (Lipinski definition) is 4. The van der Waals surface area contributed by atoms with Crippen LogP contribution in [-0.4, -0.2) is 29.1 Å². The molecule has 1 saturated heterocycles. The molecule has 0 radical (unpaired) electrons. The third kappa shape index (κ3) is 5.44. The van der Waals surface area contributed by atoms with Crippen molar-refractivity contribution in [3.8, 4) is 6.07 Å². The van der Waals surface area contributed by atoms with Crippen molar-refractivity contribution in [2.75, 3.05) is 6.61 Å². The molecule has 2 rings (SSSR count). The summed E-state index contributed by atoms with van der Waals surface area (Å²) >= 11 is 0. The van der Waals surface area contributed by atoms with E-state index >= 15 is 0 Å². The van der Waals surface area contributed by atoms with Crippen LogP contribution in [0.25, 0.3) is 6.08 Å². The van der Waals surface area contributed by atoms with E-state index in [1.165, 1.54) is 0 Å². The molecule has 2 N–H and O–H groups in total. The molecule has 0 aromatic carbocycles. The van der Waals surface area contributed by atoms with Gasteiger partial charge in [0.25, 0.3) is 11.8 Å². The highest BCUT2D eigenvalue weighted by atomic mass is 16.5. The first-order valence-corrected chi connectivity index (χ1v) is 9.33. The summed E-state index contributed by atoms with van der Waals surface area (Å²) in [4.78, 5) is 24.1. The van der Waals surface area contributed by atoms with Gasteiger partial charge >= 0.3 is 0 Å². The molecular weight excluding hydrogens is 344 g/mol. The Bertz CT molecular complexity index is 765. The number of ether oxygens (including phenoxy) is 1. The predicted molar refractivity (Wildman–Crippen MR) is 102 cm³/mol. The van der Waals surface area contributed by atoms with Crippen molar-refractivity contribution in [1.82, 2.24) is 15.4 Å². The van der Waals surface area contributed by atoms with Gasteiger partial charge in [0, 0.05) is 24.5 Å². The summed E-state index contributed by atoms with van der Waals surface area (Å²) < 4.78 is 7.45. The first-order chi connectivity index (χ1) is 12.8. The van der Waals surface area contributed by atoms with E-state index in [1.807, 2.05) is 26.0 Å². The molecular formula is C20H28N4O3. The van der Waals surface area contributed by atoms with Gasteiger partial charge in [-0.15, -0.1) is 0 Å². The number of nitrogens with one attached hydrogen (secondary N) is 2.